The molecular weight excluding hydrogens is 235 g/mol. The Labute approximate surface area is 107 Å². The summed E-state index contributed by atoms with van der Waals surface area (Å²) in [4.78, 5) is 2.48. The number of nitrogens with one attached hydrogen (secondary N) is 1. The van der Waals surface area contributed by atoms with Crippen molar-refractivity contribution >= 4 is 17.4 Å². The lowest BCUT2D eigenvalue weighted by Crippen LogP contribution is -2.31. The molecule has 94 valence electrons. The van der Waals surface area contributed by atoms with Crippen molar-refractivity contribution in [2.75, 3.05) is 43.0 Å². The maximum absolute atomic E-state index is 12.9. The van der Waals surface area contributed by atoms with Gasteiger partial charge in [0.1, 0.15) is 5.82 Å². The van der Waals surface area contributed by atoms with Gasteiger partial charge < -0.3 is 10.2 Å². The van der Waals surface area contributed by atoms with Gasteiger partial charge in [-0.25, -0.2) is 4.39 Å². The summed E-state index contributed by atoms with van der Waals surface area (Å²) in [6.07, 6.45) is 1.28. The van der Waals surface area contributed by atoms with Gasteiger partial charge in [0.25, 0.3) is 0 Å². The number of hydrogen-bond donors (Lipinski definition) is 1. The van der Waals surface area contributed by atoms with Crippen molar-refractivity contribution in [3.63, 3.8) is 0 Å². The molecule has 2 rings (SSSR count). The number of nitrogens with zero attached hydrogens (tertiary/aromatic N) is 1. The highest BCUT2D eigenvalue weighted by molar-refractivity contribution is 7.99. The van der Waals surface area contributed by atoms with Crippen LogP contribution in [0.1, 0.15) is 6.42 Å². The largest absolute Gasteiger partial charge is 0.384 e. The Kier molecular flexibility index (Phi) is 5.13. The lowest BCUT2D eigenvalue weighted by Gasteiger charge is -2.19. The summed E-state index contributed by atoms with van der Waals surface area (Å²) in [5, 5.41) is 3.26. The van der Waals surface area contributed by atoms with Gasteiger partial charge in [0, 0.05) is 31.1 Å². The normalized spacial score (nSPS) is 17.7. The van der Waals surface area contributed by atoms with E-state index in [-0.39, 0.29) is 5.82 Å². The molecule has 0 unspecified atom stereocenters. The number of rotatable bonds is 4. The van der Waals surface area contributed by atoms with Gasteiger partial charge in [-0.3, -0.25) is 0 Å². The molecule has 1 saturated heterocycles. The molecule has 0 aliphatic carbocycles. The lowest BCUT2D eigenvalue weighted by molar-refractivity contribution is 0.307. The van der Waals surface area contributed by atoms with E-state index in [1.165, 1.54) is 43.1 Å². The van der Waals surface area contributed by atoms with Crippen LogP contribution in [0.2, 0.25) is 0 Å². The maximum Gasteiger partial charge on any atom is 0.125 e. The topological polar surface area (TPSA) is 15.3 Å². The van der Waals surface area contributed by atoms with Gasteiger partial charge >= 0.3 is 0 Å². The molecule has 1 aromatic rings. The minimum atomic E-state index is -0.179. The molecule has 1 heterocycles. The van der Waals surface area contributed by atoms with Gasteiger partial charge in [-0.2, -0.15) is 11.8 Å². The SMILES string of the molecule is Fc1cccc(NCCN2CCCSCC2)c1. The third kappa shape index (κ3) is 4.56. The molecule has 0 spiro atoms. The standard InChI is InChI=1S/C13H19FN2S/c14-12-3-1-4-13(11-12)15-5-7-16-6-2-9-17-10-8-16/h1,3-4,11,15H,2,5-10H2. The Hall–Kier alpha value is -0.740. The summed E-state index contributed by atoms with van der Waals surface area (Å²) in [6.45, 7) is 4.29. The molecule has 1 aliphatic rings. The van der Waals surface area contributed by atoms with Crippen molar-refractivity contribution in [2.24, 2.45) is 0 Å². The van der Waals surface area contributed by atoms with E-state index in [0.29, 0.717) is 0 Å². The number of halogens is 1. The van der Waals surface area contributed by atoms with Crippen LogP contribution in [-0.4, -0.2) is 42.6 Å². The van der Waals surface area contributed by atoms with Gasteiger partial charge in [-0.15, -0.1) is 0 Å². The van der Waals surface area contributed by atoms with E-state index in [4.69, 9.17) is 0 Å². The first-order valence-corrected chi connectivity index (χ1v) is 7.29. The Morgan fingerprint density at radius 1 is 1.29 bits per heavy atom. The molecule has 1 fully saturated rings. The second-order valence-corrected chi connectivity index (χ2v) is 5.47. The summed E-state index contributed by atoms with van der Waals surface area (Å²) in [5.41, 5.74) is 0.870. The van der Waals surface area contributed by atoms with Crippen molar-refractivity contribution in [1.29, 1.82) is 0 Å². The van der Waals surface area contributed by atoms with E-state index >= 15 is 0 Å². The van der Waals surface area contributed by atoms with Gasteiger partial charge in [0.2, 0.25) is 0 Å². The second kappa shape index (κ2) is 6.87. The molecule has 0 bridgehead atoms. The Bertz CT molecular complexity index is 338. The van der Waals surface area contributed by atoms with Crippen LogP contribution >= 0.6 is 11.8 Å². The van der Waals surface area contributed by atoms with E-state index in [1.807, 2.05) is 17.8 Å². The maximum atomic E-state index is 12.9. The van der Waals surface area contributed by atoms with Gasteiger partial charge in [0.15, 0.2) is 0 Å². The molecule has 2 nitrogen and oxygen atoms in total. The third-order valence-electron chi connectivity index (χ3n) is 2.90. The summed E-state index contributed by atoms with van der Waals surface area (Å²) in [7, 11) is 0. The van der Waals surface area contributed by atoms with E-state index in [0.717, 1.165) is 18.8 Å². The fourth-order valence-corrected chi connectivity index (χ4v) is 2.90. The van der Waals surface area contributed by atoms with Gasteiger partial charge in [-0.1, -0.05) is 6.07 Å². The monoisotopic (exact) mass is 254 g/mol. The zero-order valence-corrected chi connectivity index (χ0v) is 10.8. The Morgan fingerprint density at radius 2 is 2.24 bits per heavy atom. The zero-order valence-electron chi connectivity index (χ0n) is 9.99. The highest BCUT2D eigenvalue weighted by Gasteiger charge is 2.08. The van der Waals surface area contributed by atoms with Gasteiger partial charge in [0.05, 0.1) is 0 Å². The van der Waals surface area contributed by atoms with Crippen molar-refractivity contribution < 1.29 is 4.39 Å². The third-order valence-corrected chi connectivity index (χ3v) is 3.95. The molecule has 4 heteroatoms. The fraction of sp³-hybridized carbons (Fsp3) is 0.538. The Morgan fingerprint density at radius 3 is 3.12 bits per heavy atom. The summed E-state index contributed by atoms with van der Waals surface area (Å²) in [6, 6.07) is 6.65. The first kappa shape index (κ1) is 12.7. The quantitative estimate of drug-likeness (QED) is 0.889. The molecule has 17 heavy (non-hydrogen) atoms. The number of hydrogen-bond acceptors (Lipinski definition) is 3. The first-order valence-electron chi connectivity index (χ1n) is 6.14. The second-order valence-electron chi connectivity index (χ2n) is 4.24. The molecule has 1 N–H and O–H groups in total. The molecule has 0 aromatic heterocycles. The smallest absolute Gasteiger partial charge is 0.125 e. The molecule has 1 aromatic carbocycles. The molecule has 1 aliphatic heterocycles. The van der Waals surface area contributed by atoms with Crippen molar-refractivity contribution in [2.45, 2.75) is 6.42 Å². The molecule has 0 amide bonds. The average molecular weight is 254 g/mol. The van der Waals surface area contributed by atoms with Gasteiger partial charge in [-0.05, 0) is 36.9 Å². The summed E-state index contributed by atoms with van der Waals surface area (Å²) in [5.74, 6) is 2.34. The minimum Gasteiger partial charge on any atom is -0.384 e. The lowest BCUT2D eigenvalue weighted by atomic mass is 10.3. The molecule has 0 saturated carbocycles. The fourth-order valence-electron chi connectivity index (χ4n) is 1.98. The van der Waals surface area contributed by atoms with E-state index in [2.05, 4.69) is 10.2 Å². The molecular formula is C13H19FN2S. The number of anilines is 1. The van der Waals surface area contributed by atoms with Crippen LogP contribution in [0.5, 0.6) is 0 Å². The number of benzene rings is 1. The van der Waals surface area contributed by atoms with E-state index in [1.54, 1.807) is 6.07 Å². The highest BCUT2D eigenvalue weighted by Crippen LogP contribution is 2.11. The van der Waals surface area contributed by atoms with Crippen LogP contribution in [0.25, 0.3) is 0 Å². The summed E-state index contributed by atoms with van der Waals surface area (Å²) >= 11 is 2.04. The van der Waals surface area contributed by atoms with Crippen LogP contribution in [0.3, 0.4) is 0 Å². The zero-order chi connectivity index (χ0) is 11.9. The first-order chi connectivity index (χ1) is 8.34. The Balaban J connectivity index is 1.71. The molecule has 0 radical (unpaired) electrons. The van der Waals surface area contributed by atoms with Crippen LogP contribution < -0.4 is 5.32 Å². The summed E-state index contributed by atoms with van der Waals surface area (Å²) < 4.78 is 12.9. The van der Waals surface area contributed by atoms with Crippen LogP contribution in [0.15, 0.2) is 24.3 Å². The highest BCUT2D eigenvalue weighted by atomic mass is 32.2. The number of thioether (sulfide) groups is 1. The van der Waals surface area contributed by atoms with Crippen molar-refractivity contribution in [1.82, 2.24) is 4.90 Å². The van der Waals surface area contributed by atoms with Crippen LogP contribution in [0, 0.1) is 5.82 Å². The van der Waals surface area contributed by atoms with Crippen LogP contribution in [0.4, 0.5) is 10.1 Å². The molecule has 0 atom stereocenters. The van der Waals surface area contributed by atoms with E-state index < -0.39 is 0 Å². The van der Waals surface area contributed by atoms with Crippen LogP contribution in [-0.2, 0) is 0 Å². The predicted octanol–water partition coefficient (Wildman–Crippen LogP) is 2.68. The van der Waals surface area contributed by atoms with Crippen molar-refractivity contribution in [3.05, 3.63) is 30.1 Å². The predicted molar refractivity (Wildman–Crippen MR) is 73.3 cm³/mol. The van der Waals surface area contributed by atoms with Crippen molar-refractivity contribution in [3.8, 4) is 0 Å². The van der Waals surface area contributed by atoms with E-state index in [9.17, 15) is 4.39 Å². The average Bonchev–Trinajstić information content (AvgIpc) is 2.58. The minimum absolute atomic E-state index is 0.179.